The van der Waals surface area contributed by atoms with Gasteiger partial charge in [0.2, 0.25) is 11.8 Å². The van der Waals surface area contributed by atoms with E-state index in [1.54, 1.807) is 13.3 Å². The molecule has 1 saturated heterocycles. The van der Waals surface area contributed by atoms with E-state index in [9.17, 15) is 9.90 Å². The van der Waals surface area contributed by atoms with Gasteiger partial charge in [0, 0.05) is 68.2 Å². The summed E-state index contributed by atoms with van der Waals surface area (Å²) in [4.78, 5) is 34.6. The highest BCUT2D eigenvalue weighted by Gasteiger charge is 2.25. The summed E-state index contributed by atoms with van der Waals surface area (Å²) < 4.78 is 6.24. The number of aliphatic hydroxyl groups is 1. The van der Waals surface area contributed by atoms with Gasteiger partial charge in [-0.15, -0.1) is 0 Å². The van der Waals surface area contributed by atoms with Gasteiger partial charge in [0.1, 0.15) is 18.2 Å². The molecule has 4 heterocycles. The lowest BCUT2D eigenvalue weighted by atomic mass is 10.1. The smallest absolute Gasteiger partial charge is 0.251 e. The van der Waals surface area contributed by atoms with E-state index in [0.717, 1.165) is 73.9 Å². The SMILES string of the molecule is CCc1cnc(N2CCC(Oc3cc(N4CCc5cc(C(=O)NC(C)CO)ccc54)ncn3)CC2)nc1. The maximum absolute atomic E-state index is 12.4. The van der Waals surface area contributed by atoms with Crippen LogP contribution < -0.4 is 19.9 Å². The third kappa shape index (κ3) is 5.64. The molecule has 0 bridgehead atoms. The molecule has 10 heteroatoms. The van der Waals surface area contributed by atoms with E-state index in [0.29, 0.717) is 11.4 Å². The van der Waals surface area contributed by atoms with Crippen molar-refractivity contribution >= 4 is 23.4 Å². The summed E-state index contributed by atoms with van der Waals surface area (Å²) in [5, 5.41) is 12.0. The van der Waals surface area contributed by atoms with Crippen molar-refractivity contribution < 1.29 is 14.6 Å². The summed E-state index contributed by atoms with van der Waals surface area (Å²) in [6.07, 6.45) is 8.89. The van der Waals surface area contributed by atoms with Crippen molar-refractivity contribution in [2.24, 2.45) is 0 Å². The van der Waals surface area contributed by atoms with Gasteiger partial charge in [-0.25, -0.2) is 19.9 Å². The van der Waals surface area contributed by atoms with E-state index in [1.807, 2.05) is 36.7 Å². The van der Waals surface area contributed by atoms with Crippen LogP contribution in [0.2, 0.25) is 0 Å². The highest BCUT2D eigenvalue weighted by molar-refractivity contribution is 5.95. The molecule has 194 valence electrons. The highest BCUT2D eigenvalue weighted by Crippen LogP contribution is 2.35. The van der Waals surface area contributed by atoms with Gasteiger partial charge in [0.05, 0.1) is 6.61 Å². The summed E-state index contributed by atoms with van der Waals surface area (Å²) in [5.74, 6) is 1.93. The lowest BCUT2D eigenvalue weighted by Crippen LogP contribution is -2.39. The fourth-order valence-electron chi connectivity index (χ4n) is 4.71. The van der Waals surface area contributed by atoms with Crippen molar-refractivity contribution in [1.82, 2.24) is 25.3 Å². The average molecular weight is 504 g/mol. The number of amides is 1. The number of anilines is 3. The predicted octanol–water partition coefficient (Wildman–Crippen LogP) is 2.68. The van der Waals surface area contributed by atoms with Gasteiger partial charge in [0.25, 0.3) is 5.91 Å². The van der Waals surface area contributed by atoms with Crippen LogP contribution in [0.4, 0.5) is 17.5 Å². The summed E-state index contributed by atoms with van der Waals surface area (Å²) in [6, 6.07) is 7.28. The zero-order valence-electron chi connectivity index (χ0n) is 21.3. The summed E-state index contributed by atoms with van der Waals surface area (Å²) in [7, 11) is 0. The number of nitrogens with one attached hydrogen (secondary N) is 1. The van der Waals surface area contributed by atoms with E-state index < -0.39 is 0 Å². The van der Waals surface area contributed by atoms with E-state index in [-0.39, 0.29) is 24.7 Å². The van der Waals surface area contributed by atoms with Gasteiger partial charge < -0.3 is 25.0 Å². The zero-order valence-corrected chi connectivity index (χ0v) is 21.3. The second-order valence-corrected chi connectivity index (χ2v) is 9.57. The first-order chi connectivity index (χ1) is 18.0. The minimum Gasteiger partial charge on any atom is -0.474 e. The molecule has 1 aromatic carbocycles. The normalized spacial score (nSPS) is 16.4. The number of carbonyl (C=O) groups is 1. The van der Waals surface area contributed by atoms with Crippen molar-refractivity contribution in [2.75, 3.05) is 36.0 Å². The molecule has 3 aromatic rings. The first-order valence-corrected chi connectivity index (χ1v) is 12.9. The molecule has 10 nitrogen and oxygen atoms in total. The molecule has 1 atom stereocenters. The number of carbonyl (C=O) groups excluding carboxylic acids is 1. The van der Waals surface area contributed by atoms with Gasteiger partial charge in [-0.3, -0.25) is 4.79 Å². The number of rotatable bonds is 8. The lowest BCUT2D eigenvalue weighted by Gasteiger charge is -2.32. The second-order valence-electron chi connectivity index (χ2n) is 9.57. The zero-order chi connectivity index (χ0) is 25.8. The molecule has 0 saturated carbocycles. The number of hydrogen-bond donors (Lipinski definition) is 2. The number of nitrogens with zero attached hydrogens (tertiary/aromatic N) is 6. The minimum atomic E-state index is -0.287. The van der Waals surface area contributed by atoms with Crippen LogP contribution in [0.1, 0.15) is 48.2 Å². The Hall–Kier alpha value is -3.79. The van der Waals surface area contributed by atoms with Crippen LogP contribution in [-0.2, 0) is 12.8 Å². The van der Waals surface area contributed by atoms with Gasteiger partial charge in [0.15, 0.2) is 0 Å². The third-order valence-electron chi connectivity index (χ3n) is 6.90. The molecule has 0 radical (unpaired) electrons. The van der Waals surface area contributed by atoms with Gasteiger partial charge >= 0.3 is 0 Å². The Bertz CT molecular complexity index is 1230. The lowest BCUT2D eigenvalue weighted by molar-refractivity contribution is 0.0922. The van der Waals surface area contributed by atoms with E-state index >= 15 is 0 Å². The van der Waals surface area contributed by atoms with Crippen molar-refractivity contribution in [1.29, 1.82) is 0 Å². The van der Waals surface area contributed by atoms with Crippen molar-refractivity contribution in [3.63, 3.8) is 0 Å². The van der Waals surface area contributed by atoms with Crippen LogP contribution in [0.25, 0.3) is 0 Å². The van der Waals surface area contributed by atoms with Crippen molar-refractivity contribution in [3.05, 3.63) is 59.7 Å². The summed E-state index contributed by atoms with van der Waals surface area (Å²) >= 11 is 0. The molecule has 2 aromatic heterocycles. The largest absolute Gasteiger partial charge is 0.474 e. The molecular weight excluding hydrogens is 470 g/mol. The van der Waals surface area contributed by atoms with E-state index in [1.165, 1.54) is 0 Å². The molecule has 37 heavy (non-hydrogen) atoms. The number of benzene rings is 1. The topological polar surface area (TPSA) is 117 Å². The number of aliphatic hydroxyl groups excluding tert-OH is 1. The van der Waals surface area contributed by atoms with Gasteiger partial charge in [-0.2, -0.15) is 0 Å². The molecule has 1 amide bonds. The Kier molecular flexibility index (Phi) is 7.45. The second kappa shape index (κ2) is 11.1. The Morgan fingerprint density at radius 1 is 1.14 bits per heavy atom. The van der Waals surface area contributed by atoms with Gasteiger partial charge in [-0.1, -0.05) is 6.92 Å². The Morgan fingerprint density at radius 2 is 1.92 bits per heavy atom. The maximum Gasteiger partial charge on any atom is 0.251 e. The van der Waals surface area contributed by atoms with Crippen LogP contribution in [0.5, 0.6) is 5.88 Å². The summed E-state index contributed by atoms with van der Waals surface area (Å²) in [5.41, 5.74) is 3.84. The monoisotopic (exact) mass is 503 g/mol. The first kappa shape index (κ1) is 24.9. The minimum absolute atomic E-state index is 0.0714. The number of aryl methyl sites for hydroxylation is 1. The van der Waals surface area contributed by atoms with E-state index in [4.69, 9.17) is 4.74 Å². The number of piperidine rings is 1. The quantitative estimate of drug-likeness (QED) is 0.478. The maximum atomic E-state index is 12.4. The average Bonchev–Trinajstić information content (AvgIpc) is 3.37. The first-order valence-electron chi connectivity index (χ1n) is 12.9. The fourth-order valence-corrected chi connectivity index (χ4v) is 4.71. The molecule has 0 aliphatic carbocycles. The van der Waals surface area contributed by atoms with E-state index in [2.05, 4.69) is 42.0 Å². The standard InChI is InChI=1S/C27H33N7O3/c1-3-19-14-28-27(29-15-19)33-9-7-22(8-10-33)37-25-13-24(30-17-31-25)34-11-6-20-12-21(4-5-23(20)34)26(36)32-18(2)16-35/h4-5,12-15,17-18,22,35H,3,6-11,16H2,1-2H3,(H,32,36). The Balaban J connectivity index is 1.21. The number of fused-ring (bicyclic) bond motifs is 1. The molecular formula is C27H33N7O3. The molecule has 2 aliphatic heterocycles. The van der Waals surface area contributed by atoms with Crippen LogP contribution >= 0.6 is 0 Å². The Morgan fingerprint density at radius 3 is 2.65 bits per heavy atom. The van der Waals surface area contributed by atoms with Crippen LogP contribution in [0.3, 0.4) is 0 Å². The van der Waals surface area contributed by atoms with Gasteiger partial charge in [-0.05, 0) is 49.1 Å². The molecule has 1 fully saturated rings. The fraction of sp³-hybridized carbons (Fsp3) is 0.444. The van der Waals surface area contributed by atoms with Crippen molar-refractivity contribution in [2.45, 2.75) is 51.7 Å². The predicted molar refractivity (Wildman–Crippen MR) is 140 cm³/mol. The molecule has 5 rings (SSSR count). The molecule has 1 unspecified atom stereocenters. The van der Waals surface area contributed by atoms with Crippen LogP contribution in [0.15, 0.2) is 43.0 Å². The third-order valence-corrected chi connectivity index (χ3v) is 6.90. The number of ether oxygens (including phenoxy) is 1. The highest BCUT2D eigenvalue weighted by atomic mass is 16.5. The number of aromatic nitrogens is 4. The van der Waals surface area contributed by atoms with Crippen molar-refractivity contribution in [3.8, 4) is 5.88 Å². The number of hydrogen-bond acceptors (Lipinski definition) is 9. The molecule has 2 aliphatic rings. The van der Waals surface area contributed by atoms with Crippen LogP contribution in [-0.4, -0.2) is 69.3 Å². The molecule has 2 N–H and O–H groups in total. The Labute approximate surface area is 216 Å². The summed E-state index contributed by atoms with van der Waals surface area (Å²) in [6.45, 7) is 6.20. The molecule has 0 spiro atoms. The van der Waals surface area contributed by atoms with Crippen LogP contribution in [0, 0.1) is 0 Å².